The van der Waals surface area contributed by atoms with Gasteiger partial charge in [-0.2, -0.15) is 15.4 Å². The van der Waals surface area contributed by atoms with Crippen molar-refractivity contribution in [2.45, 2.75) is 0 Å². The number of benzene rings is 1. The fraction of sp³-hybridized carbons (Fsp3) is 0. The Morgan fingerprint density at radius 1 is 1.09 bits per heavy atom. The lowest BCUT2D eigenvalue weighted by Crippen LogP contribution is -2.12. The summed E-state index contributed by atoms with van der Waals surface area (Å²) < 4.78 is 0. The molecule has 0 radical (unpaired) electrons. The minimum absolute atomic E-state index is 0.0292. The van der Waals surface area contributed by atoms with Crippen molar-refractivity contribution in [1.82, 2.24) is 20.4 Å². The molecule has 114 valence electrons. The number of rotatable bonds is 4. The average Bonchev–Trinajstić information content (AvgIpc) is 3.05. The number of amides is 1. The molecular formula is C14H10N6O3. The molecule has 0 bridgehead atoms. The third-order valence-electron chi connectivity index (χ3n) is 3.20. The van der Waals surface area contributed by atoms with Crippen molar-refractivity contribution in [2.75, 3.05) is 0 Å². The monoisotopic (exact) mass is 310 g/mol. The van der Waals surface area contributed by atoms with Crippen LogP contribution in [0, 0.1) is 10.1 Å². The maximum atomic E-state index is 11.3. The number of H-pyrrole nitrogens is 1. The fourth-order valence-corrected chi connectivity index (χ4v) is 2.16. The maximum Gasteiger partial charge on any atom is 0.295 e. The van der Waals surface area contributed by atoms with Crippen LogP contribution in [0.5, 0.6) is 0 Å². The van der Waals surface area contributed by atoms with Gasteiger partial charge in [0.25, 0.3) is 11.6 Å². The van der Waals surface area contributed by atoms with E-state index < -0.39 is 10.8 Å². The molecule has 0 fully saturated rings. The summed E-state index contributed by atoms with van der Waals surface area (Å²) in [6.45, 7) is 0. The van der Waals surface area contributed by atoms with Crippen LogP contribution in [-0.2, 0) is 0 Å². The molecule has 0 saturated heterocycles. The minimum atomic E-state index is -0.696. The highest BCUT2D eigenvalue weighted by Crippen LogP contribution is 2.29. The Labute approximate surface area is 129 Å². The zero-order chi connectivity index (χ0) is 16.4. The number of aromatic nitrogens is 4. The Balaban J connectivity index is 2.02. The van der Waals surface area contributed by atoms with E-state index in [2.05, 4.69) is 20.4 Å². The first-order valence-electron chi connectivity index (χ1n) is 6.48. The molecule has 2 heterocycles. The third-order valence-corrected chi connectivity index (χ3v) is 3.20. The van der Waals surface area contributed by atoms with E-state index in [1.807, 2.05) is 0 Å². The van der Waals surface area contributed by atoms with E-state index in [0.29, 0.717) is 16.8 Å². The lowest BCUT2D eigenvalue weighted by Gasteiger charge is -2.03. The van der Waals surface area contributed by atoms with Crippen LogP contribution in [0.1, 0.15) is 10.5 Å². The fourth-order valence-electron chi connectivity index (χ4n) is 2.16. The number of hydrogen-bond donors (Lipinski definition) is 2. The molecule has 9 nitrogen and oxygen atoms in total. The second-order valence-electron chi connectivity index (χ2n) is 4.59. The maximum absolute atomic E-state index is 11.3. The van der Waals surface area contributed by atoms with Gasteiger partial charge in [0.1, 0.15) is 11.4 Å². The number of pyridine rings is 1. The van der Waals surface area contributed by atoms with Gasteiger partial charge in [-0.1, -0.05) is 24.3 Å². The molecule has 0 saturated carbocycles. The molecular weight excluding hydrogens is 300 g/mol. The lowest BCUT2D eigenvalue weighted by molar-refractivity contribution is -0.384. The Kier molecular flexibility index (Phi) is 3.51. The normalized spacial score (nSPS) is 10.4. The van der Waals surface area contributed by atoms with Crippen LogP contribution >= 0.6 is 0 Å². The molecule has 0 spiro atoms. The van der Waals surface area contributed by atoms with Gasteiger partial charge in [-0.05, 0) is 6.07 Å². The smallest absolute Gasteiger partial charge is 0.295 e. The number of nitrogens with one attached hydrogen (secondary N) is 1. The molecule has 0 aliphatic rings. The molecule has 0 unspecified atom stereocenters. The van der Waals surface area contributed by atoms with Crippen LogP contribution in [-0.4, -0.2) is 31.2 Å². The number of primary amides is 1. The van der Waals surface area contributed by atoms with Crippen molar-refractivity contribution in [3.8, 4) is 22.5 Å². The third kappa shape index (κ3) is 2.62. The van der Waals surface area contributed by atoms with Gasteiger partial charge in [0.15, 0.2) is 5.69 Å². The van der Waals surface area contributed by atoms with E-state index in [0.717, 1.165) is 0 Å². The largest absolute Gasteiger partial charge is 0.364 e. The topological polar surface area (TPSA) is 141 Å². The van der Waals surface area contributed by atoms with Gasteiger partial charge >= 0.3 is 0 Å². The summed E-state index contributed by atoms with van der Waals surface area (Å²) in [6, 6.07) is 9.54. The van der Waals surface area contributed by atoms with Gasteiger partial charge in [-0.25, -0.2) is 4.98 Å². The van der Waals surface area contributed by atoms with Crippen molar-refractivity contribution in [3.63, 3.8) is 0 Å². The summed E-state index contributed by atoms with van der Waals surface area (Å²) >= 11 is 0. The molecule has 3 rings (SSSR count). The van der Waals surface area contributed by atoms with Crippen molar-refractivity contribution >= 4 is 11.6 Å². The molecule has 3 aromatic rings. The standard InChI is InChI=1S/C14H10N6O3/c15-14(21)13-12(17-19-18-13)9-5-3-8(4-6-9)11-10(20(22)23)2-1-7-16-11/h1-7H,(H2,15,21)(H,17,18,19). The summed E-state index contributed by atoms with van der Waals surface area (Å²) in [5.41, 5.74) is 6.93. The van der Waals surface area contributed by atoms with Crippen molar-refractivity contribution in [1.29, 1.82) is 0 Å². The molecule has 1 aromatic carbocycles. The van der Waals surface area contributed by atoms with E-state index in [1.54, 1.807) is 24.3 Å². The van der Waals surface area contributed by atoms with E-state index >= 15 is 0 Å². The van der Waals surface area contributed by atoms with Crippen molar-refractivity contribution in [2.24, 2.45) is 5.73 Å². The highest BCUT2D eigenvalue weighted by Gasteiger charge is 2.18. The number of nitro groups is 1. The van der Waals surface area contributed by atoms with Crippen LogP contribution in [0.3, 0.4) is 0 Å². The molecule has 1 amide bonds. The van der Waals surface area contributed by atoms with Crippen LogP contribution in [0.4, 0.5) is 5.69 Å². The second kappa shape index (κ2) is 5.64. The highest BCUT2D eigenvalue weighted by atomic mass is 16.6. The number of nitrogens with zero attached hydrogens (tertiary/aromatic N) is 4. The van der Waals surface area contributed by atoms with E-state index in [-0.39, 0.29) is 17.1 Å². The molecule has 23 heavy (non-hydrogen) atoms. The van der Waals surface area contributed by atoms with E-state index in [4.69, 9.17) is 5.73 Å². The Morgan fingerprint density at radius 2 is 1.74 bits per heavy atom. The van der Waals surface area contributed by atoms with Gasteiger partial charge in [0, 0.05) is 23.4 Å². The predicted molar refractivity (Wildman–Crippen MR) is 80.2 cm³/mol. The molecule has 0 aliphatic carbocycles. The Hall–Kier alpha value is -3.62. The summed E-state index contributed by atoms with van der Waals surface area (Å²) in [6.07, 6.45) is 1.49. The van der Waals surface area contributed by atoms with Crippen LogP contribution < -0.4 is 5.73 Å². The molecule has 2 aromatic heterocycles. The van der Waals surface area contributed by atoms with Crippen molar-refractivity contribution in [3.05, 3.63) is 58.4 Å². The average molecular weight is 310 g/mol. The van der Waals surface area contributed by atoms with Gasteiger partial charge in [0.05, 0.1) is 4.92 Å². The summed E-state index contributed by atoms with van der Waals surface area (Å²) in [7, 11) is 0. The lowest BCUT2D eigenvalue weighted by atomic mass is 10.0. The van der Waals surface area contributed by atoms with Gasteiger partial charge < -0.3 is 5.73 Å². The first-order valence-corrected chi connectivity index (χ1v) is 6.48. The highest BCUT2D eigenvalue weighted by molar-refractivity contribution is 5.96. The zero-order valence-corrected chi connectivity index (χ0v) is 11.6. The quantitative estimate of drug-likeness (QED) is 0.553. The molecule has 3 N–H and O–H groups in total. The Bertz CT molecular complexity index is 888. The van der Waals surface area contributed by atoms with Crippen LogP contribution in [0.15, 0.2) is 42.6 Å². The SMILES string of the molecule is NC(=O)c1n[nH]nc1-c1ccc(-c2ncccc2[N+](=O)[O-])cc1. The Morgan fingerprint density at radius 3 is 2.35 bits per heavy atom. The predicted octanol–water partition coefficient (Wildman–Crippen LogP) is 1.54. The van der Waals surface area contributed by atoms with E-state index in [1.165, 1.54) is 18.3 Å². The summed E-state index contributed by atoms with van der Waals surface area (Å²) in [5.74, 6) is -0.696. The van der Waals surface area contributed by atoms with Crippen molar-refractivity contribution < 1.29 is 9.72 Å². The van der Waals surface area contributed by atoms with Crippen LogP contribution in [0.2, 0.25) is 0 Å². The van der Waals surface area contributed by atoms with Gasteiger partial charge in [0.2, 0.25) is 0 Å². The second-order valence-corrected chi connectivity index (χ2v) is 4.59. The minimum Gasteiger partial charge on any atom is -0.364 e. The van der Waals surface area contributed by atoms with E-state index in [9.17, 15) is 14.9 Å². The zero-order valence-electron chi connectivity index (χ0n) is 11.6. The molecule has 0 atom stereocenters. The van der Waals surface area contributed by atoms with Gasteiger partial charge in [-0.15, -0.1) is 0 Å². The first-order chi connectivity index (χ1) is 11.1. The summed E-state index contributed by atoms with van der Waals surface area (Å²) in [4.78, 5) is 25.9. The number of carbonyl (C=O) groups excluding carboxylic acids is 1. The first kappa shape index (κ1) is 14.3. The molecule has 9 heteroatoms. The summed E-state index contributed by atoms with van der Waals surface area (Å²) in [5, 5.41) is 21.0. The van der Waals surface area contributed by atoms with Crippen LogP contribution in [0.25, 0.3) is 22.5 Å². The molecule has 0 aliphatic heterocycles. The number of aromatic amines is 1. The number of carbonyl (C=O) groups is 1. The number of hydrogen-bond acceptors (Lipinski definition) is 6. The van der Waals surface area contributed by atoms with Gasteiger partial charge in [-0.3, -0.25) is 14.9 Å². The number of nitrogens with two attached hydrogens (primary N) is 1.